The number of thiophene rings is 1. The van der Waals surface area contributed by atoms with E-state index in [9.17, 15) is 13.2 Å². The molecule has 22 heavy (non-hydrogen) atoms. The molecular weight excluding hydrogens is 346 g/mol. The highest BCUT2D eigenvalue weighted by atomic mass is 35.5. The van der Waals surface area contributed by atoms with Crippen molar-refractivity contribution in [3.63, 3.8) is 0 Å². The van der Waals surface area contributed by atoms with E-state index in [1.54, 1.807) is 35.7 Å². The lowest BCUT2D eigenvalue weighted by molar-refractivity contribution is -0.144. The van der Waals surface area contributed by atoms with E-state index in [0.717, 1.165) is 11.3 Å². The van der Waals surface area contributed by atoms with E-state index in [4.69, 9.17) is 16.3 Å². The van der Waals surface area contributed by atoms with Crippen LogP contribution in [0.15, 0.2) is 46.0 Å². The number of hydrogen-bond acceptors (Lipinski definition) is 5. The summed E-state index contributed by atoms with van der Waals surface area (Å²) in [6.07, 6.45) is -0.0466. The molecule has 0 bridgehead atoms. The third-order valence-corrected chi connectivity index (χ3v) is 5.95. The second-order valence-corrected chi connectivity index (χ2v) is 7.68. The number of carbonyl (C=O) groups excluding carboxylic acids is 1. The smallest absolute Gasteiger partial charge is 0.307 e. The first kappa shape index (κ1) is 17.0. The third kappa shape index (κ3) is 4.81. The standard InChI is InChI=1S/C14H14ClNO4S2/c15-12-5-2-1-4-11(12)10-20-13(17)7-8-16-22(18,19)14-6-3-9-21-14/h1-6,9,16H,7-8,10H2. The lowest BCUT2D eigenvalue weighted by Gasteiger charge is -2.07. The number of rotatable bonds is 7. The zero-order valence-corrected chi connectivity index (χ0v) is 13.9. The van der Waals surface area contributed by atoms with E-state index < -0.39 is 16.0 Å². The van der Waals surface area contributed by atoms with E-state index in [1.165, 1.54) is 6.07 Å². The fraction of sp³-hybridized carbons (Fsp3) is 0.214. The maximum absolute atomic E-state index is 11.8. The minimum absolute atomic E-state index is 0.0123. The number of sulfonamides is 1. The van der Waals surface area contributed by atoms with E-state index in [-0.39, 0.29) is 23.8 Å². The average molecular weight is 360 g/mol. The van der Waals surface area contributed by atoms with Crippen molar-refractivity contribution in [2.45, 2.75) is 17.2 Å². The highest BCUT2D eigenvalue weighted by molar-refractivity contribution is 7.91. The molecule has 0 fully saturated rings. The molecule has 0 saturated carbocycles. The van der Waals surface area contributed by atoms with Crippen molar-refractivity contribution >= 4 is 38.9 Å². The van der Waals surface area contributed by atoms with Crippen LogP contribution >= 0.6 is 22.9 Å². The Balaban J connectivity index is 1.76. The molecule has 0 aliphatic carbocycles. The molecule has 0 radical (unpaired) electrons. The monoisotopic (exact) mass is 359 g/mol. The third-order valence-electron chi connectivity index (χ3n) is 2.73. The van der Waals surface area contributed by atoms with Crippen LogP contribution in [0, 0.1) is 0 Å². The van der Waals surface area contributed by atoms with Crippen LogP contribution in [0.25, 0.3) is 0 Å². The first-order valence-corrected chi connectivity index (χ1v) is 9.15. The van der Waals surface area contributed by atoms with Gasteiger partial charge in [-0.15, -0.1) is 11.3 Å². The van der Waals surface area contributed by atoms with Crippen LogP contribution in [-0.4, -0.2) is 20.9 Å². The number of nitrogens with one attached hydrogen (secondary N) is 1. The van der Waals surface area contributed by atoms with E-state index in [2.05, 4.69) is 4.72 Å². The van der Waals surface area contributed by atoms with Gasteiger partial charge in [-0.3, -0.25) is 4.79 Å². The number of halogens is 1. The first-order valence-electron chi connectivity index (χ1n) is 6.41. The van der Waals surface area contributed by atoms with Gasteiger partial charge >= 0.3 is 5.97 Å². The number of esters is 1. The molecule has 0 spiro atoms. The van der Waals surface area contributed by atoms with Gasteiger partial charge < -0.3 is 4.74 Å². The minimum atomic E-state index is -3.55. The van der Waals surface area contributed by atoms with Crippen LogP contribution in [0.3, 0.4) is 0 Å². The van der Waals surface area contributed by atoms with Gasteiger partial charge in [0.2, 0.25) is 10.0 Å². The summed E-state index contributed by atoms with van der Waals surface area (Å²) in [4.78, 5) is 11.6. The van der Waals surface area contributed by atoms with Crippen LogP contribution < -0.4 is 4.72 Å². The Labute approximate surface area is 137 Å². The average Bonchev–Trinajstić information content (AvgIpc) is 3.01. The van der Waals surface area contributed by atoms with Crippen LogP contribution in [0.4, 0.5) is 0 Å². The molecule has 2 aromatic rings. The van der Waals surface area contributed by atoms with Crippen molar-refractivity contribution in [2.75, 3.05) is 6.54 Å². The SMILES string of the molecule is O=C(CCNS(=O)(=O)c1cccs1)OCc1ccccc1Cl. The number of hydrogen-bond donors (Lipinski definition) is 1. The van der Waals surface area contributed by atoms with E-state index in [1.807, 2.05) is 0 Å². The summed E-state index contributed by atoms with van der Waals surface area (Å²) >= 11 is 7.06. The van der Waals surface area contributed by atoms with Gasteiger partial charge in [-0.05, 0) is 17.5 Å². The van der Waals surface area contributed by atoms with Gasteiger partial charge in [0.15, 0.2) is 0 Å². The maximum Gasteiger partial charge on any atom is 0.307 e. The second-order valence-electron chi connectivity index (χ2n) is 4.33. The molecule has 1 aromatic carbocycles. The van der Waals surface area contributed by atoms with E-state index in [0.29, 0.717) is 10.6 Å². The summed E-state index contributed by atoms with van der Waals surface area (Å²) < 4.78 is 31.3. The molecule has 0 aliphatic rings. The van der Waals surface area contributed by atoms with Crippen molar-refractivity contribution in [3.8, 4) is 0 Å². The second kappa shape index (κ2) is 7.73. The summed E-state index contributed by atoms with van der Waals surface area (Å²) in [5.74, 6) is -0.492. The fourth-order valence-electron chi connectivity index (χ4n) is 1.62. The summed E-state index contributed by atoms with van der Waals surface area (Å²) in [6.45, 7) is 0.0533. The van der Waals surface area contributed by atoms with Crippen LogP contribution in [0.5, 0.6) is 0 Å². The molecule has 0 saturated heterocycles. The molecule has 1 N–H and O–H groups in total. The predicted molar refractivity (Wildman–Crippen MR) is 85.4 cm³/mol. The Kier molecular flexibility index (Phi) is 5.96. The van der Waals surface area contributed by atoms with Crippen molar-refractivity contribution in [1.82, 2.24) is 4.72 Å². The Hall–Kier alpha value is -1.41. The highest BCUT2D eigenvalue weighted by Gasteiger charge is 2.15. The molecule has 5 nitrogen and oxygen atoms in total. The fourth-order valence-corrected chi connectivity index (χ4v) is 3.88. The van der Waals surface area contributed by atoms with Crippen molar-refractivity contribution in [3.05, 3.63) is 52.4 Å². The van der Waals surface area contributed by atoms with E-state index >= 15 is 0 Å². The summed E-state index contributed by atoms with van der Waals surface area (Å²) in [5.41, 5.74) is 0.705. The maximum atomic E-state index is 11.8. The lowest BCUT2D eigenvalue weighted by Crippen LogP contribution is -2.26. The van der Waals surface area contributed by atoms with Gasteiger partial charge in [0, 0.05) is 17.1 Å². The Morgan fingerprint density at radius 2 is 2.00 bits per heavy atom. The first-order chi connectivity index (χ1) is 10.5. The quantitative estimate of drug-likeness (QED) is 0.771. The molecular formula is C14H14ClNO4S2. The number of carbonyl (C=O) groups is 1. The van der Waals surface area contributed by atoms with Crippen LogP contribution in [-0.2, 0) is 26.2 Å². The van der Waals surface area contributed by atoms with Gasteiger partial charge in [0.1, 0.15) is 10.8 Å². The summed E-state index contributed by atoms with van der Waals surface area (Å²) in [6, 6.07) is 10.2. The minimum Gasteiger partial charge on any atom is -0.461 e. The normalized spacial score (nSPS) is 11.3. The van der Waals surface area contributed by atoms with Gasteiger partial charge in [-0.25, -0.2) is 13.1 Å². The molecule has 1 heterocycles. The molecule has 8 heteroatoms. The largest absolute Gasteiger partial charge is 0.461 e. The molecule has 118 valence electrons. The zero-order chi connectivity index (χ0) is 16.0. The summed E-state index contributed by atoms with van der Waals surface area (Å²) in [5, 5.41) is 2.19. The number of ether oxygens (including phenoxy) is 1. The van der Waals surface area contributed by atoms with Gasteiger partial charge in [-0.1, -0.05) is 35.9 Å². The Morgan fingerprint density at radius 1 is 1.23 bits per heavy atom. The molecule has 0 aliphatic heterocycles. The Bertz CT molecular complexity index is 729. The Morgan fingerprint density at radius 3 is 2.68 bits per heavy atom. The van der Waals surface area contributed by atoms with Crippen molar-refractivity contribution in [1.29, 1.82) is 0 Å². The van der Waals surface area contributed by atoms with Gasteiger partial charge in [0.25, 0.3) is 0 Å². The lowest BCUT2D eigenvalue weighted by atomic mass is 10.2. The molecule has 0 atom stereocenters. The molecule has 0 amide bonds. The molecule has 2 rings (SSSR count). The number of benzene rings is 1. The zero-order valence-electron chi connectivity index (χ0n) is 11.5. The van der Waals surface area contributed by atoms with Crippen molar-refractivity contribution in [2.24, 2.45) is 0 Å². The predicted octanol–water partition coefficient (Wildman–Crippen LogP) is 2.81. The van der Waals surface area contributed by atoms with Crippen molar-refractivity contribution < 1.29 is 17.9 Å². The summed E-state index contributed by atoms with van der Waals surface area (Å²) in [7, 11) is -3.55. The molecule has 1 aromatic heterocycles. The van der Waals surface area contributed by atoms with Gasteiger partial charge in [0.05, 0.1) is 6.42 Å². The van der Waals surface area contributed by atoms with Gasteiger partial charge in [-0.2, -0.15) is 0 Å². The highest BCUT2D eigenvalue weighted by Crippen LogP contribution is 2.16. The van der Waals surface area contributed by atoms with Crippen LogP contribution in [0.2, 0.25) is 5.02 Å². The molecule has 0 unspecified atom stereocenters. The topological polar surface area (TPSA) is 72.5 Å². The van der Waals surface area contributed by atoms with Crippen LogP contribution in [0.1, 0.15) is 12.0 Å².